The maximum Gasteiger partial charge on any atom is 0.416 e. The molecule has 0 spiro atoms. The Morgan fingerprint density at radius 3 is 2.53 bits per heavy atom. The molecule has 17 heavy (non-hydrogen) atoms. The first-order valence-corrected chi connectivity index (χ1v) is 4.66. The molecule has 1 aromatic carbocycles. The minimum atomic E-state index is -4.48. The monoisotopic (exact) mass is 244 g/mol. The van der Waals surface area contributed by atoms with E-state index in [4.69, 9.17) is 9.52 Å². The van der Waals surface area contributed by atoms with Crippen LogP contribution in [0.1, 0.15) is 11.1 Å². The molecular weight excluding hydrogens is 237 g/mol. The summed E-state index contributed by atoms with van der Waals surface area (Å²) in [5.41, 5.74) is -1.86. The van der Waals surface area contributed by atoms with Gasteiger partial charge in [-0.25, -0.2) is 4.79 Å². The summed E-state index contributed by atoms with van der Waals surface area (Å²) in [6.45, 7) is -0.515. The van der Waals surface area contributed by atoms with E-state index >= 15 is 0 Å². The van der Waals surface area contributed by atoms with Crippen molar-refractivity contribution >= 4 is 11.0 Å². The molecule has 1 heterocycles. The fourth-order valence-electron chi connectivity index (χ4n) is 1.44. The molecule has 0 radical (unpaired) electrons. The molecule has 6 heteroatoms. The molecule has 1 N–H and O–H groups in total. The van der Waals surface area contributed by atoms with Crippen molar-refractivity contribution in [1.82, 2.24) is 0 Å². The van der Waals surface area contributed by atoms with Crippen molar-refractivity contribution in [2.45, 2.75) is 12.8 Å². The van der Waals surface area contributed by atoms with E-state index < -0.39 is 24.0 Å². The third kappa shape index (κ3) is 2.16. The maximum absolute atomic E-state index is 12.4. The summed E-state index contributed by atoms with van der Waals surface area (Å²) >= 11 is 0. The van der Waals surface area contributed by atoms with Crippen molar-refractivity contribution in [2.24, 2.45) is 0 Å². The second-order valence-electron chi connectivity index (χ2n) is 3.47. The molecule has 1 aromatic heterocycles. The molecule has 0 aliphatic carbocycles. The van der Waals surface area contributed by atoms with Crippen LogP contribution in [0.4, 0.5) is 13.2 Å². The van der Waals surface area contributed by atoms with Gasteiger partial charge in [0, 0.05) is 5.39 Å². The second kappa shape index (κ2) is 3.89. The first-order valence-electron chi connectivity index (χ1n) is 4.66. The Morgan fingerprint density at radius 2 is 1.94 bits per heavy atom. The molecule has 0 saturated carbocycles. The van der Waals surface area contributed by atoms with Gasteiger partial charge in [-0.05, 0) is 18.2 Å². The van der Waals surface area contributed by atoms with Gasteiger partial charge in [0.1, 0.15) is 5.58 Å². The molecule has 0 amide bonds. The van der Waals surface area contributed by atoms with Crippen LogP contribution in [0.25, 0.3) is 11.0 Å². The van der Waals surface area contributed by atoms with Crippen LogP contribution >= 0.6 is 0 Å². The molecule has 0 atom stereocenters. The van der Waals surface area contributed by atoms with Gasteiger partial charge in [0.15, 0.2) is 0 Å². The van der Waals surface area contributed by atoms with Crippen LogP contribution in [0.5, 0.6) is 0 Å². The lowest BCUT2D eigenvalue weighted by molar-refractivity contribution is -0.137. The van der Waals surface area contributed by atoms with Gasteiger partial charge in [-0.2, -0.15) is 13.2 Å². The molecule has 90 valence electrons. The van der Waals surface area contributed by atoms with Crippen LogP contribution in [0.3, 0.4) is 0 Å². The predicted molar refractivity (Wildman–Crippen MR) is 53.4 cm³/mol. The highest BCUT2D eigenvalue weighted by Gasteiger charge is 2.30. The number of rotatable bonds is 1. The predicted octanol–water partition coefficient (Wildman–Crippen LogP) is 2.30. The Hall–Kier alpha value is -1.82. The number of benzene rings is 1. The average Bonchev–Trinajstić information content (AvgIpc) is 2.26. The number of aliphatic hydroxyl groups is 1. The Balaban J connectivity index is 2.68. The van der Waals surface area contributed by atoms with Crippen molar-refractivity contribution in [3.8, 4) is 0 Å². The summed E-state index contributed by atoms with van der Waals surface area (Å²) in [4.78, 5) is 11.2. The van der Waals surface area contributed by atoms with Crippen molar-refractivity contribution in [3.05, 3.63) is 45.8 Å². The molecule has 2 rings (SSSR count). The Kier molecular flexibility index (Phi) is 2.66. The zero-order valence-corrected chi connectivity index (χ0v) is 8.41. The van der Waals surface area contributed by atoms with E-state index in [1.807, 2.05) is 0 Å². The van der Waals surface area contributed by atoms with Crippen molar-refractivity contribution in [1.29, 1.82) is 0 Å². The van der Waals surface area contributed by atoms with E-state index in [-0.39, 0.29) is 11.1 Å². The zero-order chi connectivity index (χ0) is 12.6. The molecule has 3 nitrogen and oxygen atoms in total. The summed E-state index contributed by atoms with van der Waals surface area (Å²) < 4.78 is 41.9. The first kappa shape index (κ1) is 11.7. The van der Waals surface area contributed by atoms with Gasteiger partial charge in [-0.1, -0.05) is 6.07 Å². The van der Waals surface area contributed by atoms with Crippen LogP contribution < -0.4 is 5.63 Å². The lowest BCUT2D eigenvalue weighted by Crippen LogP contribution is -2.08. The molecule has 0 fully saturated rings. The summed E-state index contributed by atoms with van der Waals surface area (Å²) in [7, 11) is 0. The van der Waals surface area contributed by atoms with Crippen LogP contribution in [-0.4, -0.2) is 5.11 Å². The molecule has 0 unspecified atom stereocenters. The van der Waals surface area contributed by atoms with E-state index in [2.05, 4.69) is 0 Å². The van der Waals surface area contributed by atoms with Gasteiger partial charge in [-0.15, -0.1) is 0 Å². The van der Waals surface area contributed by atoms with Crippen molar-refractivity contribution in [2.75, 3.05) is 0 Å². The molecule has 0 aliphatic heterocycles. The van der Waals surface area contributed by atoms with Crippen LogP contribution in [0.15, 0.2) is 33.5 Å². The number of aliphatic hydroxyl groups excluding tert-OH is 1. The Labute approximate surface area is 93.1 Å². The number of alkyl halides is 3. The standard InChI is InChI=1S/C11H7F3O3/c12-11(13,14)8-2-1-6-3-7(5-15)10(16)17-9(6)4-8/h1-4,15H,5H2. The highest BCUT2D eigenvalue weighted by Crippen LogP contribution is 2.31. The van der Waals surface area contributed by atoms with Gasteiger partial charge in [0.2, 0.25) is 0 Å². The topological polar surface area (TPSA) is 50.4 Å². The molecular formula is C11H7F3O3. The summed E-state index contributed by atoms with van der Waals surface area (Å²) in [5, 5.41) is 9.16. The number of fused-ring (bicyclic) bond motifs is 1. The van der Waals surface area contributed by atoms with E-state index in [9.17, 15) is 18.0 Å². The minimum absolute atomic E-state index is 0.0114. The minimum Gasteiger partial charge on any atom is -0.422 e. The van der Waals surface area contributed by atoms with Gasteiger partial charge in [0.05, 0.1) is 17.7 Å². The zero-order valence-electron chi connectivity index (χ0n) is 8.41. The molecule has 0 aliphatic rings. The highest BCUT2D eigenvalue weighted by molar-refractivity contribution is 5.77. The molecule has 2 aromatic rings. The third-order valence-corrected chi connectivity index (χ3v) is 2.31. The van der Waals surface area contributed by atoms with Crippen molar-refractivity contribution in [3.63, 3.8) is 0 Å². The highest BCUT2D eigenvalue weighted by atomic mass is 19.4. The lowest BCUT2D eigenvalue weighted by Gasteiger charge is -2.07. The number of hydrogen-bond donors (Lipinski definition) is 1. The smallest absolute Gasteiger partial charge is 0.416 e. The first-order chi connectivity index (χ1) is 7.91. The van der Waals surface area contributed by atoms with Gasteiger partial charge in [-0.3, -0.25) is 0 Å². The maximum atomic E-state index is 12.4. The summed E-state index contributed by atoms with van der Waals surface area (Å²) in [6.07, 6.45) is -4.48. The van der Waals surface area contributed by atoms with E-state index in [0.29, 0.717) is 5.39 Å². The van der Waals surface area contributed by atoms with Gasteiger partial charge >= 0.3 is 11.8 Å². The summed E-state index contributed by atoms with van der Waals surface area (Å²) in [6, 6.07) is 4.16. The third-order valence-electron chi connectivity index (χ3n) is 2.31. The van der Waals surface area contributed by atoms with Crippen LogP contribution in [-0.2, 0) is 12.8 Å². The van der Waals surface area contributed by atoms with E-state index in [0.717, 1.165) is 12.1 Å². The lowest BCUT2D eigenvalue weighted by atomic mass is 10.1. The van der Waals surface area contributed by atoms with Crippen molar-refractivity contribution < 1.29 is 22.7 Å². The average molecular weight is 244 g/mol. The number of hydrogen-bond acceptors (Lipinski definition) is 3. The van der Waals surface area contributed by atoms with E-state index in [1.54, 1.807) is 0 Å². The largest absolute Gasteiger partial charge is 0.422 e. The van der Waals surface area contributed by atoms with Gasteiger partial charge in [0.25, 0.3) is 0 Å². The fourth-order valence-corrected chi connectivity index (χ4v) is 1.44. The van der Waals surface area contributed by atoms with Crippen LogP contribution in [0, 0.1) is 0 Å². The Bertz CT molecular complexity index is 613. The Morgan fingerprint density at radius 1 is 1.24 bits per heavy atom. The second-order valence-corrected chi connectivity index (χ2v) is 3.47. The molecule has 0 bridgehead atoms. The fraction of sp³-hybridized carbons (Fsp3) is 0.182. The van der Waals surface area contributed by atoms with Gasteiger partial charge < -0.3 is 9.52 Å². The SMILES string of the molecule is O=c1oc2cc(C(F)(F)F)ccc2cc1CO. The van der Waals surface area contributed by atoms with E-state index in [1.165, 1.54) is 12.1 Å². The van der Waals surface area contributed by atoms with Crippen LogP contribution in [0.2, 0.25) is 0 Å². The normalized spacial score (nSPS) is 12.0. The quantitative estimate of drug-likeness (QED) is 0.783. The summed E-state index contributed by atoms with van der Waals surface area (Å²) in [5.74, 6) is 0. The number of halogens is 3. The molecule has 0 saturated heterocycles.